The minimum absolute atomic E-state index is 0.0906. The molecule has 0 aromatic heterocycles. The number of rotatable bonds is 3. The number of carboxylic acid groups (broad SMARTS) is 1. The Morgan fingerprint density at radius 2 is 2.05 bits per heavy atom. The standard InChI is InChI=1S/C15H22N2O2/c1-11-4-5-13(8-12(11)2)17-7-6-16(3)14(10-17)9-15(18)19/h4-5,8,14H,6-7,9-10H2,1-3H3,(H,18,19). The van der Waals surface area contributed by atoms with E-state index < -0.39 is 5.97 Å². The van der Waals surface area contributed by atoms with Crippen molar-refractivity contribution in [1.82, 2.24) is 4.90 Å². The highest BCUT2D eigenvalue weighted by molar-refractivity contribution is 5.67. The third kappa shape index (κ3) is 3.26. The van der Waals surface area contributed by atoms with Crippen LogP contribution >= 0.6 is 0 Å². The molecule has 1 heterocycles. The van der Waals surface area contributed by atoms with Crippen molar-refractivity contribution < 1.29 is 9.90 Å². The van der Waals surface area contributed by atoms with Crippen molar-refractivity contribution in [2.24, 2.45) is 0 Å². The van der Waals surface area contributed by atoms with E-state index in [0.29, 0.717) is 0 Å². The van der Waals surface area contributed by atoms with Crippen molar-refractivity contribution in [2.75, 3.05) is 31.6 Å². The van der Waals surface area contributed by atoms with Crippen LogP contribution in [0.3, 0.4) is 0 Å². The lowest BCUT2D eigenvalue weighted by Gasteiger charge is -2.40. The second-order valence-corrected chi connectivity index (χ2v) is 5.45. The minimum atomic E-state index is -0.723. The van der Waals surface area contributed by atoms with Gasteiger partial charge in [-0.1, -0.05) is 6.07 Å². The van der Waals surface area contributed by atoms with E-state index in [1.54, 1.807) is 0 Å². The monoisotopic (exact) mass is 262 g/mol. The number of nitrogens with zero attached hydrogens (tertiary/aromatic N) is 2. The van der Waals surface area contributed by atoms with E-state index in [2.05, 4.69) is 41.8 Å². The van der Waals surface area contributed by atoms with Gasteiger partial charge in [0.1, 0.15) is 0 Å². The van der Waals surface area contributed by atoms with Gasteiger partial charge in [0, 0.05) is 31.4 Å². The van der Waals surface area contributed by atoms with Gasteiger partial charge in [0.05, 0.1) is 6.42 Å². The van der Waals surface area contributed by atoms with E-state index >= 15 is 0 Å². The van der Waals surface area contributed by atoms with Crippen LogP contribution < -0.4 is 4.90 Å². The zero-order valence-corrected chi connectivity index (χ0v) is 11.9. The first-order valence-electron chi connectivity index (χ1n) is 6.71. The predicted octanol–water partition coefficient (Wildman–Crippen LogP) is 1.90. The van der Waals surface area contributed by atoms with Gasteiger partial charge in [-0.05, 0) is 44.2 Å². The normalized spacial score (nSPS) is 20.6. The van der Waals surface area contributed by atoms with E-state index in [-0.39, 0.29) is 12.5 Å². The average Bonchev–Trinajstić information content (AvgIpc) is 2.35. The Balaban J connectivity index is 2.12. The van der Waals surface area contributed by atoms with Crippen LogP contribution in [0.2, 0.25) is 0 Å². The Labute approximate surface area is 114 Å². The highest BCUT2D eigenvalue weighted by Gasteiger charge is 2.26. The van der Waals surface area contributed by atoms with Crippen molar-refractivity contribution in [3.05, 3.63) is 29.3 Å². The summed E-state index contributed by atoms with van der Waals surface area (Å²) in [6.45, 7) is 6.87. The highest BCUT2D eigenvalue weighted by Crippen LogP contribution is 2.22. The molecule has 0 radical (unpaired) electrons. The lowest BCUT2D eigenvalue weighted by atomic mass is 10.1. The lowest BCUT2D eigenvalue weighted by Crippen LogP contribution is -2.52. The zero-order chi connectivity index (χ0) is 14.0. The number of aliphatic carboxylic acids is 1. The maximum atomic E-state index is 10.9. The molecule has 0 spiro atoms. The third-order valence-corrected chi connectivity index (χ3v) is 4.04. The van der Waals surface area contributed by atoms with Crippen LogP contribution in [0.1, 0.15) is 17.5 Å². The Morgan fingerprint density at radius 1 is 1.32 bits per heavy atom. The zero-order valence-electron chi connectivity index (χ0n) is 11.9. The SMILES string of the molecule is Cc1ccc(N2CCN(C)C(CC(=O)O)C2)cc1C. The summed E-state index contributed by atoms with van der Waals surface area (Å²) in [5.41, 5.74) is 3.78. The van der Waals surface area contributed by atoms with Gasteiger partial charge in [0.15, 0.2) is 0 Å². The summed E-state index contributed by atoms with van der Waals surface area (Å²) in [7, 11) is 2.01. The van der Waals surface area contributed by atoms with Crippen molar-refractivity contribution in [3.8, 4) is 0 Å². The molecule has 1 aromatic carbocycles. The van der Waals surface area contributed by atoms with Crippen LogP contribution in [-0.4, -0.2) is 48.7 Å². The molecule has 4 heteroatoms. The molecular formula is C15H22N2O2. The number of piperazine rings is 1. The van der Waals surface area contributed by atoms with Gasteiger partial charge >= 0.3 is 5.97 Å². The van der Waals surface area contributed by atoms with Gasteiger partial charge in [0.2, 0.25) is 0 Å². The minimum Gasteiger partial charge on any atom is -0.481 e. The van der Waals surface area contributed by atoms with Crippen LogP contribution in [0.5, 0.6) is 0 Å². The van der Waals surface area contributed by atoms with Gasteiger partial charge in [-0.25, -0.2) is 0 Å². The Morgan fingerprint density at radius 3 is 2.68 bits per heavy atom. The van der Waals surface area contributed by atoms with E-state index in [0.717, 1.165) is 19.6 Å². The first kappa shape index (κ1) is 13.9. The van der Waals surface area contributed by atoms with Crippen molar-refractivity contribution in [2.45, 2.75) is 26.3 Å². The molecule has 1 atom stereocenters. The summed E-state index contributed by atoms with van der Waals surface area (Å²) in [6.07, 6.45) is 0.206. The molecule has 0 amide bonds. The molecule has 1 N–H and O–H groups in total. The summed E-state index contributed by atoms with van der Waals surface area (Å²) in [6, 6.07) is 6.55. The largest absolute Gasteiger partial charge is 0.481 e. The summed E-state index contributed by atoms with van der Waals surface area (Å²) in [5.74, 6) is -0.723. The third-order valence-electron chi connectivity index (χ3n) is 4.04. The van der Waals surface area contributed by atoms with E-state index in [9.17, 15) is 4.79 Å². The smallest absolute Gasteiger partial charge is 0.305 e. The molecular weight excluding hydrogens is 240 g/mol. The lowest BCUT2D eigenvalue weighted by molar-refractivity contribution is -0.138. The Kier molecular flexibility index (Phi) is 4.10. The summed E-state index contributed by atoms with van der Waals surface area (Å²) in [4.78, 5) is 15.3. The van der Waals surface area contributed by atoms with Gasteiger partial charge in [-0.15, -0.1) is 0 Å². The number of benzene rings is 1. The molecule has 1 saturated heterocycles. The van der Waals surface area contributed by atoms with Crippen molar-refractivity contribution in [1.29, 1.82) is 0 Å². The molecule has 0 saturated carbocycles. The molecule has 0 bridgehead atoms. The maximum Gasteiger partial charge on any atom is 0.305 e. The van der Waals surface area contributed by atoms with Crippen LogP contribution in [0, 0.1) is 13.8 Å². The number of aryl methyl sites for hydroxylation is 2. The van der Waals surface area contributed by atoms with E-state index in [1.807, 2.05) is 7.05 Å². The maximum absolute atomic E-state index is 10.9. The fraction of sp³-hybridized carbons (Fsp3) is 0.533. The molecule has 1 fully saturated rings. The Bertz CT molecular complexity index is 473. The number of likely N-dealkylation sites (N-methyl/N-ethyl adjacent to an activating group) is 1. The molecule has 19 heavy (non-hydrogen) atoms. The molecule has 1 aromatic rings. The van der Waals surface area contributed by atoms with Gasteiger partial charge in [-0.2, -0.15) is 0 Å². The first-order chi connectivity index (χ1) is 8.97. The Hall–Kier alpha value is -1.55. The molecule has 0 aliphatic carbocycles. The number of hydrogen-bond donors (Lipinski definition) is 1. The summed E-state index contributed by atoms with van der Waals surface area (Å²) < 4.78 is 0. The number of anilines is 1. The predicted molar refractivity (Wildman–Crippen MR) is 76.8 cm³/mol. The van der Waals surface area contributed by atoms with E-state index in [1.165, 1.54) is 16.8 Å². The molecule has 1 unspecified atom stereocenters. The fourth-order valence-corrected chi connectivity index (χ4v) is 2.52. The second-order valence-electron chi connectivity index (χ2n) is 5.45. The topological polar surface area (TPSA) is 43.8 Å². The van der Waals surface area contributed by atoms with Gasteiger partial charge < -0.3 is 10.0 Å². The van der Waals surface area contributed by atoms with Crippen LogP contribution in [0.4, 0.5) is 5.69 Å². The molecule has 4 nitrogen and oxygen atoms in total. The molecule has 1 aliphatic heterocycles. The summed E-state index contributed by atoms with van der Waals surface area (Å²) in [5, 5.41) is 8.98. The van der Waals surface area contributed by atoms with Crippen LogP contribution in [0.15, 0.2) is 18.2 Å². The first-order valence-corrected chi connectivity index (χ1v) is 6.71. The number of hydrogen-bond acceptors (Lipinski definition) is 3. The average molecular weight is 262 g/mol. The molecule has 2 rings (SSSR count). The van der Waals surface area contributed by atoms with Crippen LogP contribution in [-0.2, 0) is 4.79 Å². The van der Waals surface area contributed by atoms with E-state index in [4.69, 9.17) is 5.11 Å². The van der Waals surface area contributed by atoms with Gasteiger partial charge in [-0.3, -0.25) is 9.69 Å². The molecule has 1 aliphatic rings. The quantitative estimate of drug-likeness (QED) is 0.903. The molecule has 104 valence electrons. The van der Waals surface area contributed by atoms with Crippen LogP contribution in [0.25, 0.3) is 0 Å². The van der Waals surface area contributed by atoms with Crippen molar-refractivity contribution >= 4 is 11.7 Å². The van der Waals surface area contributed by atoms with Gasteiger partial charge in [0.25, 0.3) is 0 Å². The highest BCUT2D eigenvalue weighted by atomic mass is 16.4. The van der Waals surface area contributed by atoms with Crippen molar-refractivity contribution in [3.63, 3.8) is 0 Å². The fourth-order valence-electron chi connectivity index (χ4n) is 2.52. The number of carboxylic acids is 1. The second kappa shape index (κ2) is 5.61. The number of carbonyl (C=O) groups is 1. The summed E-state index contributed by atoms with van der Waals surface area (Å²) >= 11 is 0.